The highest BCUT2D eigenvalue weighted by Crippen LogP contribution is 2.32. The summed E-state index contributed by atoms with van der Waals surface area (Å²) in [6.07, 6.45) is 0. The van der Waals surface area contributed by atoms with E-state index in [-0.39, 0.29) is 23.3 Å². The van der Waals surface area contributed by atoms with Crippen LogP contribution in [0.4, 0.5) is 17.3 Å². The Hall–Kier alpha value is -2.68. The SMILES string of the molecule is Nc1cc(N)nc(SCC(=O)Nc2ccc3c(c2)OCCO3)n1. The third-order valence-corrected chi connectivity index (χ3v) is 3.75. The van der Waals surface area contributed by atoms with Crippen LogP contribution in [0, 0.1) is 0 Å². The summed E-state index contributed by atoms with van der Waals surface area (Å²) in [5, 5.41) is 3.14. The Balaban J connectivity index is 1.59. The zero-order valence-electron chi connectivity index (χ0n) is 12.1. The van der Waals surface area contributed by atoms with E-state index >= 15 is 0 Å². The van der Waals surface area contributed by atoms with Crippen LogP contribution in [0.2, 0.25) is 0 Å². The van der Waals surface area contributed by atoms with Crippen molar-refractivity contribution in [2.45, 2.75) is 5.16 Å². The van der Waals surface area contributed by atoms with Crippen LogP contribution in [0.25, 0.3) is 0 Å². The van der Waals surface area contributed by atoms with Crippen LogP contribution >= 0.6 is 11.8 Å². The fourth-order valence-electron chi connectivity index (χ4n) is 1.97. The average Bonchev–Trinajstić information content (AvgIpc) is 2.52. The maximum absolute atomic E-state index is 12.0. The van der Waals surface area contributed by atoms with Crippen molar-refractivity contribution >= 4 is 35.0 Å². The Morgan fingerprint density at radius 2 is 1.83 bits per heavy atom. The molecule has 23 heavy (non-hydrogen) atoms. The van der Waals surface area contributed by atoms with E-state index in [1.165, 1.54) is 6.07 Å². The van der Waals surface area contributed by atoms with Crippen molar-refractivity contribution < 1.29 is 14.3 Å². The fraction of sp³-hybridized carbons (Fsp3) is 0.214. The molecule has 1 aliphatic rings. The number of thioether (sulfide) groups is 1. The highest BCUT2D eigenvalue weighted by Gasteiger charge is 2.13. The van der Waals surface area contributed by atoms with Crippen LogP contribution in [0.5, 0.6) is 11.5 Å². The highest BCUT2D eigenvalue weighted by molar-refractivity contribution is 7.99. The van der Waals surface area contributed by atoms with Gasteiger partial charge in [0.2, 0.25) is 5.91 Å². The summed E-state index contributed by atoms with van der Waals surface area (Å²) in [4.78, 5) is 20.0. The smallest absolute Gasteiger partial charge is 0.234 e. The van der Waals surface area contributed by atoms with Crippen LogP contribution in [-0.4, -0.2) is 34.8 Å². The highest BCUT2D eigenvalue weighted by atomic mass is 32.2. The number of nitrogens with one attached hydrogen (secondary N) is 1. The Morgan fingerprint density at radius 1 is 1.13 bits per heavy atom. The maximum Gasteiger partial charge on any atom is 0.234 e. The van der Waals surface area contributed by atoms with Gasteiger partial charge in [-0.05, 0) is 12.1 Å². The van der Waals surface area contributed by atoms with E-state index in [0.29, 0.717) is 35.6 Å². The average molecular weight is 333 g/mol. The predicted molar refractivity (Wildman–Crippen MR) is 87.6 cm³/mol. The van der Waals surface area contributed by atoms with Crippen molar-refractivity contribution in [2.24, 2.45) is 0 Å². The van der Waals surface area contributed by atoms with Crippen molar-refractivity contribution in [3.8, 4) is 11.5 Å². The van der Waals surface area contributed by atoms with E-state index in [2.05, 4.69) is 15.3 Å². The number of hydrogen-bond donors (Lipinski definition) is 3. The monoisotopic (exact) mass is 333 g/mol. The van der Waals surface area contributed by atoms with Gasteiger partial charge in [0.1, 0.15) is 24.8 Å². The Bertz CT molecular complexity index is 720. The summed E-state index contributed by atoms with van der Waals surface area (Å²) in [5.41, 5.74) is 11.8. The number of aromatic nitrogens is 2. The van der Waals surface area contributed by atoms with Gasteiger partial charge in [0.25, 0.3) is 0 Å². The van der Waals surface area contributed by atoms with E-state index in [0.717, 1.165) is 11.8 Å². The molecular weight excluding hydrogens is 318 g/mol. The zero-order chi connectivity index (χ0) is 16.2. The fourth-order valence-corrected chi connectivity index (χ4v) is 2.65. The van der Waals surface area contributed by atoms with Gasteiger partial charge in [-0.3, -0.25) is 4.79 Å². The molecule has 0 atom stereocenters. The second-order valence-electron chi connectivity index (χ2n) is 4.70. The number of hydrogen-bond acceptors (Lipinski definition) is 8. The van der Waals surface area contributed by atoms with Crippen LogP contribution < -0.4 is 26.3 Å². The molecule has 1 amide bonds. The molecule has 8 nitrogen and oxygen atoms in total. The number of nitrogens with zero attached hydrogens (tertiary/aromatic N) is 2. The molecule has 1 aliphatic heterocycles. The summed E-state index contributed by atoms with van der Waals surface area (Å²) < 4.78 is 10.9. The molecule has 2 aromatic rings. The predicted octanol–water partition coefficient (Wildman–Crippen LogP) is 1.14. The van der Waals surface area contributed by atoms with Gasteiger partial charge in [-0.1, -0.05) is 11.8 Å². The molecule has 0 saturated carbocycles. The van der Waals surface area contributed by atoms with Crippen LogP contribution in [0.1, 0.15) is 0 Å². The van der Waals surface area contributed by atoms with E-state index in [4.69, 9.17) is 20.9 Å². The van der Waals surface area contributed by atoms with Crippen molar-refractivity contribution in [1.82, 2.24) is 9.97 Å². The molecule has 3 rings (SSSR count). The maximum atomic E-state index is 12.0. The normalized spacial score (nSPS) is 12.7. The molecule has 5 N–H and O–H groups in total. The standard InChI is InChI=1S/C14H15N5O3S/c15-11-6-12(16)19-14(18-11)23-7-13(20)17-8-1-2-9-10(5-8)22-4-3-21-9/h1-2,5-6H,3-4,7H2,(H,17,20)(H4,15,16,18,19). The molecule has 0 saturated heterocycles. The van der Waals surface area contributed by atoms with Crippen molar-refractivity contribution in [3.05, 3.63) is 24.3 Å². The number of fused-ring (bicyclic) bond motifs is 1. The van der Waals surface area contributed by atoms with Gasteiger partial charge in [-0.15, -0.1) is 0 Å². The molecule has 0 radical (unpaired) electrons. The Kier molecular flexibility index (Phi) is 4.38. The van der Waals surface area contributed by atoms with E-state index in [9.17, 15) is 4.79 Å². The lowest BCUT2D eigenvalue weighted by Crippen LogP contribution is -2.17. The number of nitrogens with two attached hydrogens (primary N) is 2. The molecule has 0 unspecified atom stereocenters. The summed E-state index contributed by atoms with van der Waals surface area (Å²) in [5.74, 6) is 1.77. The zero-order valence-corrected chi connectivity index (χ0v) is 12.9. The minimum atomic E-state index is -0.198. The lowest BCUT2D eigenvalue weighted by Gasteiger charge is -2.18. The molecule has 1 aromatic heterocycles. The van der Waals surface area contributed by atoms with Crippen LogP contribution in [-0.2, 0) is 4.79 Å². The van der Waals surface area contributed by atoms with E-state index in [1.54, 1.807) is 18.2 Å². The van der Waals surface area contributed by atoms with Gasteiger partial charge < -0.3 is 26.3 Å². The second kappa shape index (κ2) is 6.61. The van der Waals surface area contributed by atoms with Crippen molar-refractivity contribution in [2.75, 3.05) is 35.8 Å². The molecular formula is C14H15N5O3S. The van der Waals surface area contributed by atoms with E-state index < -0.39 is 0 Å². The molecule has 0 fully saturated rings. The number of benzene rings is 1. The number of anilines is 3. The Labute approximate surface area is 136 Å². The van der Waals surface area contributed by atoms with Gasteiger partial charge in [-0.2, -0.15) is 0 Å². The summed E-state index contributed by atoms with van der Waals surface area (Å²) in [7, 11) is 0. The van der Waals surface area contributed by atoms with Crippen LogP contribution in [0.15, 0.2) is 29.4 Å². The van der Waals surface area contributed by atoms with Gasteiger partial charge in [0.05, 0.1) is 5.75 Å². The summed E-state index contributed by atoms with van der Waals surface area (Å²) in [6.45, 7) is 1.02. The lowest BCUT2D eigenvalue weighted by molar-refractivity contribution is -0.113. The second-order valence-corrected chi connectivity index (χ2v) is 5.64. The topological polar surface area (TPSA) is 125 Å². The first-order valence-corrected chi connectivity index (χ1v) is 7.81. The molecule has 0 spiro atoms. The molecule has 120 valence electrons. The first-order valence-electron chi connectivity index (χ1n) is 6.82. The number of carbonyl (C=O) groups is 1. The van der Waals surface area contributed by atoms with Gasteiger partial charge in [0.15, 0.2) is 16.7 Å². The van der Waals surface area contributed by atoms with Gasteiger partial charge in [-0.25, -0.2) is 9.97 Å². The van der Waals surface area contributed by atoms with Gasteiger partial charge in [0, 0.05) is 17.8 Å². The third-order valence-electron chi connectivity index (χ3n) is 2.90. The first kappa shape index (κ1) is 15.2. The molecule has 9 heteroatoms. The largest absolute Gasteiger partial charge is 0.486 e. The quantitative estimate of drug-likeness (QED) is 0.562. The summed E-state index contributed by atoms with van der Waals surface area (Å²) in [6, 6.07) is 6.70. The third kappa shape index (κ3) is 3.95. The minimum Gasteiger partial charge on any atom is -0.486 e. The van der Waals surface area contributed by atoms with Crippen LogP contribution in [0.3, 0.4) is 0 Å². The number of carbonyl (C=O) groups excluding carboxylic acids is 1. The first-order chi connectivity index (χ1) is 11.1. The van der Waals surface area contributed by atoms with E-state index in [1.807, 2.05) is 0 Å². The Morgan fingerprint density at radius 3 is 2.57 bits per heavy atom. The summed E-state index contributed by atoms with van der Waals surface area (Å²) >= 11 is 1.15. The van der Waals surface area contributed by atoms with Crippen molar-refractivity contribution in [3.63, 3.8) is 0 Å². The molecule has 0 aliphatic carbocycles. The van der Waals surface area contributed by atoms with Crippen molar-refractivity contribution in [1.29, 1.82) is 0 Å². The van der Waals surface area contributed by atoms with Gasteiger partial charge >= 0.3 is 0 Å². The molecule has 2 heterocycles. The number of ether oxygens (including phenoxy) is 2. The molecule has 0 bridgehead atoms. The lowest BCUT2D eigenvalue weighted by atomic mass is 10.2. The minimum absolute atomic E-state index is 0.136. The molecule has 1 aromatic carbocycles. The number of amides is 1. The number of rotatable bonds is 4. The number of nitrogen functional groups attached to an aromatic ring is 2.